The average Bonchev–Trinajstić information content (AvgIpc) is 2.88. The van der Waals surface area contributed by atoms with Crippen LogP contribution < -0.4 is 15.5 Å². The molecule has 3 aromatic carbocycles. The Morgan fingerprint density at radius 1 is 0.972 bits per heavy atom. The molecule has 0 aliphatic heterocycles. The molecule has 1 atom stereocenters. The molecular weight excluding hydrogens is 518 g/mol. The number of benzene rings is 3. The van der Waals surface area contributed by atoms with Crippen LogP contribution in [0, 0.1) is 5.92 Å². The predicted octanol–water partition coefficient (Wildman–Crippen LogP) is 5.44. The third kappa shape index (κ3) is 7.39. The molecule has 0 heterocycles. The first-order valence-corrected chi connectivity index (χ1v) is 12.5. The standard InChI is InChI=1S/C29H30BrN3O3/c1-4-17-36-25-16-15-24(30)18-23(25)19-31-33-29(35)27(20(2)3)32-28(34)26(21-11-7-5-8-12-21)22-13-9-6-10-14-22/h4-16,18-20,26-27H,1,17H2,2-3H3,(H,32,34)(H,33,35)/b31-19-/t27-/m1/s1. The minimum atomic E-state index is -0.774. The highest BCUT2D eigenvalue weighted by molar-refractivity contribution is 9.10. The van der Waals surface area contributed by atoms with Gasteiger partial charge in [0.15, 0.2) is 0 Å². The van der Waals surface area contributed by atoms with E-state index in [0.29, 0.717) is 17.9 Å². The Morgan fingerprint density at radius 2 is 1.58 bits per heavy atom. The van der Waals surface area contributed by atoms with E-state index in [1.807, 2.05) is 86.6 Å². The summed E-state index contributed by atoms with van der Waals surface area (Å²) >= 11 is 3.43. The van der Waals surface area contributed by atoms with E-state index >= 15 is 0 Å². The summed E-state index contributed by atoms with van der Waals surface area (Å²) in [7, 11) is 0. The quantitative estimate of drug-likeness (QED) is 0.190. The van der Waals surface area contributed by atoms with Crippen LogP contribution in [0.5, 0.6) is 5.75 Å². The van der Waals surface area contributed by atoms with Gasteiger partial charge in [-0.3, -0.25) is 9.59 Å². The number of nitrogens with one attached hydrogen (secondary N) is 2. The number of carbonyl (C=O) groups excluding carboxylic acids is 2. The zero-order chi connectivity index (χ0) is 25.9. The Labute approximate surface area is 220 Å². The molecule has 0 unspecified atom stereocenters. The van der Waals surface area contributed by atoms with Crippen LogP contribution >= 0.6 is 15.9 Å². The van der Waals surface area contributed by atoms with Gasteiger partial charge in [0.05, 0.1) is 12.1 Å². The summed E-state index contributed by atoms with van der Waals surface area (Å²) in [6.07, 6.45) is 3.16. The molecule has 3 aromatic rings. The van der Waals surface area contributed by atoms with Gasteiger partial charge < -0.3 is 10.1 Å². The zero-order valence-corrected chi connectivity index (χ0v) is 21.9. The van der Waals surface area contributed by atoms with E-state index in [-0.39, 0.29) is 11.8 Å². The topological polar surface area (TPSA) is 79.8 Å². The van der Waals surface area contributed by atoms with Crippen LogP contribution in [0.1, 0.15) is 36.5 Å². The van der Waals surface area contributed by atoms with Crippen molar-refractivity contribution in [2.45, 2.75) is 25.8 Å². The smallest absolute Gasteiger partial charge is 0.262 e. The first kappa shape index (κ1) is 26.9. The highest BCUT2D eigenvalue weighted by atomic mass is 79.9. The summed E-state index contributed by atoms with van der Waals surface area (Å²) in [6.45, 7) is 7.76. The lowest BCUT2D eigenvalue weighted by Crippen LogP contribution is -2.50. The molecule has 36 heavy (non-hydrogen) atoms. The second-order valence-corrected chi connectivity index (χ2v) is 9.42. The minimum Gasteiger partial charge on any atom is -0.489 e. The normalized spacial score (nSPS) is 11.9. The number of halogens is 1. The molecule has 7 heteroatoms. The highest BCUT2D eigenvalue weighted by Gasteiger charge is 2.29. The van der Waals surface area contributed by atoms with Gasteiger partial charge in [-0.05, 0) is 35.2 Å². The number of rotatable bonds is 11. The van der Waals surface area contributed by atoms with Crippen molar-refractivity contribution in [2.75, 3.05) is 6.61 Å². The lowest BCUT2D eigenvalue weighted by Gasteiger charge is -2.24. The zero-order valence-electron chi connectivity index (χ0n) is 20.4. The molecule has 0 aliphatic rings. The first-order valence-electron chi connectivity index (χ1n) is 11.7. The summed E-state index contributed by atoms with van der Waals surface area (Å²) in [6, 6.07) is 23.8. The van der Waals surface area contributed by atoms with Gasteiger partial charge in [-0.2, -0.15) is 5.10 Å². The molecule has 2 amide bonds. The highest BCUT2D eigenvalue weighted by Crippen LogP contribution is 2.25. The lowest BCUT2D eigenvalue weighted by molar-refractivity contribution is -0.130. The number of hydrazone groups is 1. The maximum Gasteiger partial charge on any atom is 0.262 e. The van der Waals surface area contributed by atoms with Crippen molar-refractivity contribution in [3.63, 3.8) is 0 Å². The molecule has 0 spiro atoms. The summed E-state index contributed by atoms with van der Waals surface area (Å²) in [5.41, 5.74) is 4.95. The van der Waals surface area contributed by atoms with Crippen molar-refractivity contribution in [3.05, 3.63) is 113 Å². The van der Waals surface area contributed by atoms with Crippen LogP contribution in [0.4, 0.5) is 0 Å². The molecule has 2 N–H and O–H groups in total. The van der Waals surface area contributed by atoms with Crippen LogP contribution in [-0.2, 0) is 9.59 Å². The predicted molar refractivity (Wildman–Crippen MR) is 147 cm³/mol. The van der Waals surface area contributed by atoms with Gasteiger partial charge in [0.25, 0.3) is 5.91 Å². The second kappa shape index (κ2) is 13.4. The van der Waals surface area contributed by atoms with Crippen LogP contribution in [-0.4, -0.2) is 30.7 Å². The Balaban J connectivity index is 1.76. The lowest BCUT2D eigenvalue weighted by atomic mass is 9.89. The van der Waals surface area contributed by atoms with E-state index in [9.17, 15) is 9.59 Å². The van der Waals surface area contributed by atoms with Crippen molar-refractivity contribution in [3.8, 4) is 5.75 Å². The van der Waals surface area contributed by atoms with E-state index in [0.717, 1.165) is 15.6 Å². The maximum absolute atomic E-state index is 13.5. The Kier molecular flexibility index (Phi) is 10.0. The maximum atomic E-state index is 13.5. The van der Waals surface area contributed by atoms with Gasteiger partial charge in [0, 0.05) is 10.0 Å². The van der Waals surface area contributed by atoms with Gasteiger partial charge in [0.1, 0.15) is 18.4 Å². The molecule has 0 fully saturated rings. The summed E-state index contributed by atoms with van der Waals surface area (Å²) in [4.78, 5) is 26.5. The van der Waals surface area contributed by atoms with Crippen molar-refractivity contribution in [1.29, 1.82) is 0 Å². The van der Waals surface area contributed by atoms with E-state index in [2.05, 4.69) is 38.4 Å². The SMILES string of the molecule is C=CCOc1ccc(Br)cc1/C=N\NC(=O)[C@H](NC(=O)C(c1ccccc1)c1ccccc1)C(C)C. The van der Waals surface area contributed by atoms with E-state index in [4.69, 9.17) is 4.74 Å². The van der Waals surface area contributed by atoms with Crippen LogP contribution in [0.3, 0.4) is 0 Å². The number of carbonyl (C=O) groups is 2. The van der Waals surface area contributed by atoms with Crippen molar-refractivity contribution < 1.29 is 14.3 Å². The van der Waals surface area contributed by atoms with Crippen LogP contribution in [0.2, 0.25) is 0 Å². The fourth-order valence-corrected chi connectivity index (χ4v) is 4.07. The third-order valence-electron chi connectivity index (χ3n) is 5.48. The number of nitrogens with zero attached hydrogens (tertiary/aromatic N) is 1. The Hall–Kier alpha value is -3.71. The van der Waals surface area contributed by atoms with Crippen LogP contribution in [0.25, 0.3) is 0 Å². The molecule has 0 radical (unpaired) electrons. The number of hydrogen-bond acceptors (Lipinski definition) is 4. The molecule has 6 nitrogen and oxygen atoms in total. The second-order valence-electron chi connectivity index (χ2n) is 8.50. The van der Waals surface area contributed by atoms with Gasteiger partial charge >= 0.3 is 0 Å². The van der Waals surface area contributed by atoms with Crippen molar-refractivity contribution >= 4 is 34.0 Å². The summed E-state index contributed by atoms with van der Waals surface area (Å²) in [5, 5.41) is 7.06. The third-order valence-corrected chi connectivity index (χ3v) is 5.98. The molecule has 0 aromatic heterocycles. The first-order chi connectivity index (χ1) is 17.4. The number of amides is 2. The number of ether oxygens (including phenoxy) is 1. The molecule has 0 aliphatic carbocycles. The van der Waals surface area contributed by atoms with Crippen molar-refractivity contribution in [1.82, 2.24) is 10.7 Å². The fraction of sp³-hybridized carbons (Fsp3) is 0.207. The minimum absolute atomic E-state index is 0.159. The largest absolute Gasteiger partial charge is 0.489 e. The van der Waals surface area contributed by atoms with Crippen molar-refractivity contribution in [2.24, 2.45) is 11.0 Å². The van der Waals surface area contributed by atoms with Crippen LogP contribution in [0.15, 0.2) is 101 Å². The molecule has 3 rings (SSSR count). The van der Waals surface area contributed by atoms with Gasteiger partial charge in [-0.25, -0.2) is 5.43 Å². The van der Waals surface area contributed by atoms with Gasteiger partial charge in [0.2, 0.25) is 5.91 Å². The molecule has 0 saturated carbocycles. The number of hydrogen-bond donors (Lipinski definition) is 2. The monoisotopic (exact) mass is 547 g/mol. The summed E-state index contributed by atoms with van der Waals surface area (Å²) < 4.78 is 6.50. The van der Waals surface area contributed by atoms with Gasteiger partial charge in [-0.1, -0.05) is 103 Å². The average molecular weight is 548 g/mol. The van der Waals surface area contributed by atoms with E-state index in [1.54, 1.807) is 12.1 Å². The summed E-state index contributed by atoms with van der Waals surface area (Å²) in [5.74, 6) is -0.751. The molecular formula is C29H30BrN3O3. The Bertz CT molecular complexity index is 1160. The van der Waals surface area contributed by atoms with E-state index in [1.165, 1.54) is 6.21 Å². The van der Waals surface area contributed by atoms with E-state index < -0.39 is 17.9 Å². The molecule has 0 saturated heterocycles. The Morgan fingerprint density at radius 3 is 2.14 bits per heavy atom. The van der Waals surface area contributed by atoms with Gasteiger partial charge in [-0.15, -0.1) is 0 Å². The molecule has 0 bridgehead atoms. The molecule has 186 valence electrons. The fourth-order valence-electron chi connectivity index (χ4n) is 3.69.